The van der Waals surface area contributed by atoms with Crippen molar-refractivity contribution in [3.8, 4) is 0 Å². The third kappa shape index (κ3) is 1.60. The van der Waals surface area contributed by atoms with Crippen LogP contribution in [0.4, 0.5) is 0 Å². The van der Waals surface area contributed by atoms with Crippen LogP contribution in [-0.4, -0.2) is 27.0 Å². The van der Waals surface area contributed by atoms with Crippen LogP contribution < -0.4 is 0 Å². The van der Waals surface area contributed by atoms with Crippen LogP contribution in [-0.2, 0) is 0 Å². The summed E-state index contributed by atoms with van der Waals surface area (Å²) in [5, 5.41) is 2.28. The van der Waals surface area contributed by atoms with Gasteiger partial charge >= 0.3 is 17.1 Å². The van der Waals surface area contributed by atoms with E-state index in [1.165, 1.54) is 0 Å². The molecule has 0 saturated heterocycles. The Hall–Kier alpha value is -1.44. The largest absolute Gasteiger partial charge is 0.254 e. The Balaban J connectivity index is 0.000000853. The molecule has 0 saturated carbocycles. The average Bonchev–Trinajstić information content (AvgIpc) is 2.29. The van der Waals surface area contributed by atoms with Crippen molar-refractivity contribution in [2.45, 2.75) is 0 Å². The van der Waals surface area contributed by atoms with Crippen molar-refractivity contribution < 1.29 is 0 Å². The molecule has 0 bridgehead atoms. The quantitative estimate of drug-likeness (QED) is 0.456. The van der Waals surface area contributed by atoms with Gasteiger partial charge in [-0.05, 0) is 12.1 Å². The first-order valence-corrected chi connectivity index (χ1v) is 4.53. The van der Waals surface area contributed by atoms with Crippen molar-refractivity contribution >= 4 is 38.9 Å². The van der Waals surface area contributed by atoms with Gasteiger partial charge in [0.15, 0.2) is 0 Å². The molecule has 2 aromatic heterocycles. The van der Waals surface area contributed by atoms with E-state index in [0.717, 1.165) is 21.8 Å². The minimum Gasteiger partial charge on any atom is -0.254 e. The number of nitrogens with zero attached hydrogens (tertiary/aromatic N) is 2. The van der Waals surface area contributed by atoms with E-state index in [1.807, 2.05) is 12.1 Å². The molecule has 2 heterocycles. The molecule has 0 spiro atoms. The number of hydrogen-bond acceptors (Lipinski definition) is 2. The second kappa shape index (κ2) is 3.97. The van der Waals surface area contributed by atoms with Gasteiger partial charge < -0.3 is 0 Å². The molecule has 0 radical (unpaired) electrons. The minimum absolute atomic E-state index is 0. The molecule has 3 heteroatoms. The van der Waals surface area contributed by atoms with Crippen molar-refractivity contribution in [3.63, 3.8) is 0 Å². The summed E-state index contributed by atoms with van der Waals surface area (Å²) in [6.45, 7) is 0. The van der Waals surface area contributed by atoms with E-state index in [0.29, 0.717) is 0 Å². The van der Waals surface area contributed by atoms with Gasteiger partial charge in [0.05, 0.1) is 11.0 Å². The SMILES string of the molecule is [SeH2].c1cnc2c(c1)ccc1cccnc12. The number of aromatic nitrogens is 2. The molecule has 0 atom stereocenters. The van der Waals surface area contributed by atoms with E-state index in [1.54, 1.807) is 12.4 Å². The summed E-state index contributed by atoms with van der Waals surface area (Å²) in [6.07, 6.45) is 3.60. The number of hydrogen-bond donors (Lipinski definition) is 0. The molecule has 0 N–H and O–H groups in total. The fourth-order valence-electron chi connectivity index (χ4n) is 1.68. The zero-order valence-corrected chi connectivity index (χ0v) is 10.1. The smallest absolute Gasteiger partial charge is 0.0964 e. The van der Waals surface area contributed by atoms with E-state index < -0.39 is 0 Å². The summed E-state index contributed by atoms with van der Waals surface area (Å²) in [6, 6.07) is 12.1. The summed E-state index contributed by atoms with van der Waals surface area (Å²) >= 11 is 0. The number of benzene rings is 1. The maximum absolute atomic E-state index is 4.35. The van der Waals surface area contributed by atoms with Gasteiger partial charge in [0.25, 0.3) is 0 Å². The normalized spacial score (nSPS) is 10.1. The molecular weight excluding hydrogens is 251 g/mol. The average molecular weight is 261 g/mol. The summed E-state index contributed by atoms with van der Waals surface area (Å²) in [5.74, 6) is 0. The van der Waals surface area contributed by atoms with Gasteiger partial charge in [0.2, 0.25) is 0 Å². The van der Waals surface area contributed by atoms with Crippen molar-refractivity contribution in [1.82, 2.24) is 9.97 Å². The molecular formula is C12H10N2Se. The Morgan fingerprint density at radius 2 is 1.13 bits per heavy atom. The van der Waals surface area contributed by atoms with Crippen molar-refractivity contribution in [1.29, 1.82) is 0 Å². The fourth-order valence-corrected chi connectivity index (χ4v) is 1.68. The zero-order chi connectivity index (χ0) is 9.38. The van der Waals surface area contributed by atoms with Crippen LogP contribution in [0.2, 0.25) is 0 Å². The minimum atomic E-state index is 0. The van der Waals surface area contributed by atoms with Crippen LogP contribution in [0.3, 0.4) is 0 Å². The molecule has 3 rings (SSSR count). The van der Waals surface area contributed by atoms with Crippen LogP contribution in [0.1, 0.15) is 0 Å². The Bertz CT molecular complexity index is 553. The van der Waals surface area contributed by atoms with E-state index >= 15 is 0 Å². The fraction of sp³-hybridized carbons (Fsp3) is 0. The maximum Gasteiger partial charge on any atom is 0.0964 e. The molecule has 74 valence electrons. The Morgan fingerprint density at radius 1 is 0.667 bits per heavy atom. The first kappa shape index (κ1) is 10.1. The van der Waals surface area contributed by atoms with Gasteiger partial charge in [0.1, 0.15) is 0 Å². The first-order valence-electron chi connectivity index (χ1n) is 4.53. The van der Waals surface area contributed by atoms with Gasteiger partial charge in [-0.25, -0.2) is 0 Å². The van der Waals surface area contributed by atoms with Gasteiger partial charge in [0, 0.05) is 23.2 Å². The summed E-state index contributed by atoms with van der Waals surface area (Å²) in [7, 11) is 0. The second-order valence-electron chi connectivity index (χ2n) is 3.22. The molecule has 15 heavy (non-hydrogen) atoms. The Labute approximate surface area is 97.8 Å². The van der Waals surface area contributed by atoms with Crippen LogP contribution in [0.15, 0.2) is 48.8 Å². The molecule has 0 fully saturated rings. The van der Waals surface area contributed by atoms with E-state index in [4.69, 9.17) is 0 Å². The van der Waals surface area contributed by atoms with Crippen LogP contribution in [0.5, 0.6) is 0 Å². The number of fused-ring (bicyclic) bond motifs is 3. The van der Waals surface area contributed by atoms with Gasteiger partial charge in [-0.2, -0.15) is 0 Å². The van der Waals surface area contributed by atoms with Crippen LogP contribution in [0, 0.1) is 0 Å². The van der Waals surface area contributed by atoms with Crippen LogP contribution >= 0.6 is 0 Å². The van der Waals surface area contributed by atoms with Crippen LogP contribution in [0.25, 0.3) is 21.8 Å². The molecule has 3 aromatic rings. The van der Waals surface area contributed by atoms with Gasteiger partial charge in [-0.1, -0.05) is 24.3 Å². The second-order valence-corrected chi connectivity index (χ2v) is 3.22. The number of pyridine rings is 2. The van der Waals surface area contributed by atoms with Crippen molar-refractivity contribution in [2.24, 2.45) is 0 Å². The monoisotopic (exact) mass is 262 g/mol. The number of rotatable bonds is 0. The third-order valence-corrected chi connectivity index (χ3v) is 2.34. The molecule has 0 unspecified atom stereocenters. The summed E-state index contributed by atoms with van der Waals surface area (Å²) in [4.78, 5) is 8.69. The summed E-state index contributed by atoms with van der Waals surface area (Å²) in [5.41, 5.74) is 1.95. The van der Waals surface area contributed by atoms with E-state index in [9.17, 15) is 0 Å². The van der Waals surface area contributed by atoms with Crippen molar-refractivity contribution in [2.75, 3.05) is 0 Å². The third-order valence-electron chi connectivity index (χ3n) is 2.34. The Kier molecular flexibility index (Phi) is 2.67. The van der Waals surface area contributed by atoms with Crippen molar-refractivity contribution in [3.05, 3.63) is 48.8 Å². The van der Waals surface area contributed by atoms with E-state index in [-0.39, 0.29) is 17.1 Å². The van der Waals surface area contributed by atoms with Gasteiger partial charge in [-0.15, -0.1) is 0 Å². The van der Waals surface area contributed by atoms with E-state index in [2.05, 4.69) is 34.2 Å². The molecule has 2 nitrogen and oxygen atoms in total. The predicted molar refractivity (Wildman–Crippen MR) is 65.6 cm³/mol. The molecule has 0 aliphatic heterocycles. The zero-order valence-electron chi connectivity index (χ0n) is 8.01. The summed E-state index contributed by atoms with van der Waals surface area (Å²) < 4.78 is 0. The Morgan fingerprint density at radius 3 is 1.60 bits per heavy atom. The predicted octanol–water partition coefficient (Wildman–Crippen LogP) is 1.87. The molecule has 1 aromatic carbocycles. The molecule has 0 aliphatic carbocycles. The standard InChI is InChI=1S/C12H8N2.H2Se/c1-3-9-5-6-10-4-2-8-14-12(10)11(9)13-7-1;/h1-8H;1H2. The van der Waals surface area contributed by atoms with Gasteiger partial charge in [-0.3, -0.25) is 9.97 Å². The first-order chi connectivity index (χ1) is 6.95. The topological polar surface area (TPSA) is 25.8 Å². The maximum atomic E-state index is 4.35. The molecule has 0 aliphatic rings. The molecule has 0 amide bonds.